The fourth-order valence-electron chi connectivity index (χ4n) is 2.13. The van der Waals surface area contributed by atoms with Gasteiger partial charge < -0.3 is 15.8 Å². The van der Waals surface area contributed by atoms with Gasteiger partial charge in [0.15, 0.2) is 0 Å². The van der Waals surface area contributed by atoms with Crippen LogP contribution < -0.4 is 11.1 Å². The third-order valence-corrected chi connectivity index (χ3v) is 3.12. The van der Waals surface area contributed by atoms with Crippen molar-refractivity contribution in [2.75, 3.05) is 39.9 Å². The molecule has 6 heteroatoms. The quantitative estimate of drug-likeness (QED) is 0.593. The molecule has 0 aromatic heterocycles. The van der Waals surface area contributed by atoms with Gasteiger partial charge in [-0.2, -0.15) is 0 Å². The van der Waals surface area contributed by atoms with Gasteiger partial charge in [-0.1, -0.05) is 0 Å². The number of hydrogen-bond acceptors (Lipinski definition) is 4. The lowest BCUT2D eigenvalue weighted by Crippen LogP contribution is -2.45. The summed E-state index contributed by atoms with van der Waals surface area (Å²) in [5, 5.41) is 2.83. The molecule has 0 aromatic rings. The number of ether oxygens (including phenoxy) is 1. The van der Waals surface area contributed by atoms with Gasteiger partial charge in [0.2, 0.25) is 11.8 Å². The van der Waals surface area contributed by atoms with E-state index in [1.807, 2.05) is 4.90 Å². The number of nitrogens with zero attached hydrogens (tertiary/aromatic N) is 1. The van der Waals surface area contributed by atoms with Crippen molar-refractivity contribution >= 4 is 11.8 Å². The molecule has 0 saturated carbocycles. The zero-order valence-electron chi connectivity index (χ0n) is 11.0. The summed E-state index contributed by atoms with van der Waals surface area (Å²) < 4.78 is 4.90. The third kappa shape index (κ3) is 5.46. The van der Waals surface area contributed by atoms with Crippen LogP contribution >= 0.6 is 0 Å². The smallest absolute Gasteiger partial charge is 0.234 e. The molecule has 1 atom stereocenters. The van der Waals surface area contributed by atoms with Gasteiger partial charge in [-0.05, 0) is 25.8 Å². The predicted octanol–water partition coefficient (Wildman–Crippen LogP) is -0.664. The Hall–Kier alpha value is -1.14. The molecule has 0 spiro atoms. The van der Waals surface area contributed by atoms with Crippen molar-refractivity contribution in [3.05, 3.63) is 0 Å². The van der Waals surface area contributed by atoms with Crippen molar-refractivity contribution in [3.63, 3.8) is 0 Å². The molecule has 0 bridgehead atoms. The van der Waals surface area contributed by atoms with E-state index in [1.54, 1.807) is 7.11 Å². The van der Waals surface area contributed by atoms with Crippen LogP contribution in [-0.4, -0.2) is 56.6 Å². The second-order valence-electron chi connectivity index (χ2n) is 4.67. The van der Waals surface area contributed by atoms with Crippen LogP contribution in [0.2, 0.25) is 0 Å². The molecule has 2 amide bonds. The van der Waals surface area contributed by atoms with E-state index in [0.29, 0.717) is 26.2 Å². The number of methoxy groups -OCH3 is 1. The van der Waals surface area contributed by atoms with Crippen LogP contribution in [0.15, 0.2) is 0 Å². The van der Waals surface area contributed by atoms with Crippen LogP contribution in [0.5, 0.6) is 0 Å². The highest BCUT2D eigenvalue weighted by Crippen LogP contribution is 2.15. The van der Waals surface area contributed by atoms with Crippen molar-refractivity contribution in [1.82, 2.24) is 10.2 Å². The number of rotatable bonds is 7. The molecular formula is C12H23N3O3. The first-order valence-electron chi connectivity index (χ1n) is 6.40. The third-order valence-electron chi connectivity index (χ3n) is 3.12. The van der Waals surface area contributed by atoms with E-state index < -0.39 is 0 Å². The number of primary amides is 1. The Morgan fingerprint density at radius 3 is 2.94 bits per heavy atom. The molecule has 1 aliphatic heterocycles. The Morgan fingerprint density at radius 2 is 2.28 bits per heavy atom. The monoisotopic (exact) mass is 257 g/mol. The van der Waals surface area contributed by atoms with E-state index >= 15 is 0 Å². The molecule has 0 aliphatic carbocycles. The molecule has 1 rings (SSSR count). The van der Waals surface area contributed by atoms with Crippen LogP contribution in [0, 0.1) is 5.92 Å². The molecule has 18 heavy (non-hydrogen) atoms. The maximum absolute atomic E-state index is 11.6. The number of nitrogens with two attached hydrogens (primary N) is 1. The highest BCUT2D eigenvalue weighted by atomic mass is 16.5. The number of carbonyl (C=O) groups is 2. The summed E-state index contributed by atoms with van der Waals surface area (Å²) in [6, 6.07) is 0. The number of amides is 2. The first-order valence-corrected chi connectivity index (χ1v) is 6.40. The van der Waals surface area contributed by atoms with Crippen molar-refractivity contribution in [1.29, 1.82) is 0 Å². The van der Waals surface area contributed by atoms with Gasteiger partial charge in [-0.25, -0.2) is 0 Å². The standard InChI is InChI=1S/C12H23N3O3/c1-18-7-3-5-14-11(16)9-15-6-2-4-10(8-15)12(13)17/h10H,2-9H2,1H3,(H2,13,17)(H,14,16). The summed E-state index contributed by atoms with van der Waals surface area (Å²) >= 11 is 0. The van der Waals surface area contributed by atoms with Gasteiger partial charge in [0.25, 0.3) is 0 Å². The van der Waals surface area contributed by atoms with Crippen LogP contribution in [0.4, 0.5) is 0 Å². The van der Waals surface area contributed by atoms with E-state index in [2.05, 4.69) is 5.32 Å². The molecule has 1 unspecified atom stereocenters. The summed E-state index contributed by atoms with van der Waals surface area (Å²) in [5.41, 5.74) is 5.29. The van der Waals surface area contributed by atoms with Crippen LogP contribution in [0.25, 0.3) is 0 Å². The number of piperidine rings is 1. The Balaban J connectivity index is 2.20. The van der Waals surface area contributed by atoms with Gasteiger partial charge in [0.1, 0.15) is 0 Å². The lowest BCUT2D eigenvalue weighted by Gasteiger charge is -2.30. The van der Waals surface area contributed by atoms with Crippen molar-refractivity contribution < 1.29 is 14.3 Å². The van der Waals surface area contributed by atoms with E-state index in [4.69, 9.17) is 10.5 Å². The number of hydrogen-bond donors (Lipinski definition) is 2. The fraction of sp³-hybridized carbons (Fsp3) is 0.833. The van der Waals surface area contributed by atoms with Crippen LogP contribution in [-0.2, 0) is 14.3 Å². The summed E-state index contributed by atoms with van der Waals surface area (Å²) in [6.07, 6.45) is 2.57. The highest BCUT2D eigenvalue weighted by Gasteiger charge is 2.24. The fourth-order valence-corrected chi connectivity index (χ4v) is 2.13. The normalized spacial score (nSPS) is 20.6. The molecule has 1 saturated heterocycles. The van der Waals surface area contributed by atoms with E-state index in [9.17, 15) is 9.59 Å². The van der Waals surface area contributed by atoms with Crippen molar-refractivity contribution in [2.24, 2.45) is 11.7 Å². The molecule has 3 N–H and O–H groups in total. The van der Waals surface area contributed by atoms with Gasteiger partial charge in [-0.3, -0.25) is 14.5 Å². The lowest BCUT2D eigenvalue weighted by molar-refractivity contribution is -0.126. The Kier molecular flexibility index (Phi) is 6.67. The molecule has 0 aromatic carbocycles. The van der Waals surface area contributed by atoms with Gasteiger partial charge in [-0.15, -0.1) is 0 Å². The van der Waals surface area contributed by atoms with E-state index in [0.717, 1.165) is 25.8 Å². The predicted molar refractivity (Wildman–Crippen MR) is 67.9 cm³/mol. The molecular weight excluding hydrogens is 234 g/mol. The zero-order valence-corrected chi connectivity index (χ0v) is 11.0. The average molecular weight is 257 g/mol. The minimum atomic E-state index is -0.264. The maximum atomic E-state index is 11.6. The first kappa shape index (κ1) is 14.9. The lowest BCUT2D eigenvalue weighted by atomic mass is 9.97. The topological polar surface area (TPSA) is 84.7 Å². The zero-order chi connectivity index (χ0) is 13.4. The number of carbonyl (C=O) groups excluding carboxylic acids is 2. The van der Waals surface area contributed by atoms with Gasteiger partial charge in [0, 0.05) is 26.8 Å². The summed E-state index contributed by atoms with van der Waals surface area (Å²) in [6.45, 7) is 3.07. The number of nitrogens with one attached hydrogen (secondary N) is 1. The second-order valence-corrected chi connectivity index (χ2v) is 4.67. The average Bonchev–Trinajstić information content (AvgIpc) is 2.35. The molecule has 1 heterocycles. The molecule has 1 aliphatic rings. The maximum Gasteiger partial charge on any atom is 0.234 e. The largest absolute Gasteiger partial charge is 0.385 e. The van der Waals surface area contributed by atoms with Crippen molar-refractivity contribution in [2.45, 2.75) is 19.3 Å². The summed E-state index contributed by atoms with van der Waals surface area (Å²) in [4.78, 5) is 24.7. The Morgan fingerprint density at radius 1 is 1.50 bits per heavy atom. The Labute approximate surface area is 108 Å². The minimum Gasteiger partial charge on any atom is -0.385 e. The molecule has 1 fully saturated rings. The van der Waals surface area contributed by atoms with E-state index in [1.165, 1.54) is 0 Å². The SMILES string of the molecule is COCCCNC(=O)CN1CCCC(C(N)=O)C1. The first-order chi connectivity index (χ1) is 8.63. The molecule has 6 nitrogen and oxygen atoms in total. The summed E-state index contributed by atoms with van der Waals surface area (Å²) in [7, 11) is 1.64. The molecule has 104 valence electrons. The van der Waals surface area contributed by atoms with Gasteiger partial charge >= 0.3 is 0 Å². The van der Waals surface area contributed by atoms with Gasteiger partial charge in [0.05, 0.1) is 12.5 Å². The van der Waals surface area contributed by atoms with E-state index in [-0.39, 0.29) is 17.7 Å². The van der Waals surface area contributed by atoms with Crippen LogP contribution in [0.1, 0.15) is 19.3 Å². The highest BCUT2D eigenvalue weighted by molar-refractivity contribution is 5.79. The second kappa shape index (κ2) is 8.05. The summed E-state index contributed by atoms with van der Waals surface area (Å²) in [5.74, 6) is -0.378. The number of likely N-dealkylation sites (tertiary alicyclic amines) is 1. The van der Waals surface area contributed by atoms with Crippen LogP contribution in [0.3, 0.4) is 0 Å². The molecule has 0 radical (unpaired) electrons. The minimum absolute atomic E-state index is 0.00350. The Bertz CT molecular complexity index is 284. The van der Waals surface area contributed by atoms with Crippen molar-refractivity contribution in [3.8, 4) is 0 Å².